The summed E-state index contributed by atoms with van der Waals surface area (Å²) in [5, 5.41) is 31.6. The van der Waals surface area contributed by atoms with Crippen LogP contribution in [0, 0.1) is 0 Å². The molecule has 0 saturated heterocycles. The maximum atomic E-state index is 10.5. The van der Waals surface area contributed by atoms with Crippen LogP contribution in [0.3, 0.4) is 0 Å². The van der Waals surface area contributed by atoms with Crippen LogP contribution in [-0.2, 0) is 14.2 Å². The van der Waals surface area contributed by atoms with Crippen LogP contribution in [0.4, 0.5) is 0 Å². The van der Waals surface area contributed by atoms with Gasteiger partial charge in [0.2, 0.25) is 0 Å². The molecule has 3 atom stereocenters. The summed E-state index contributed by atoms with van der Waals surface area (Å²) in [6, 6.07) is 0. The van der Waals surface area contributed by atoms with Crippen LogP contribution < -0.4 is 0 Å². The summed E-state index contributed by atoms with van der Waals surface area (Å²) >= 11 is 0. The zero-order valence-corrected chi connectivity index (χ0v) is 41.7. The molecule has 3 N–H and O–H groups in total. The predicted octanol–water partition coefficient (Wildman–Crippen LogP) is 14.7. The molecule has 0 fully saturated rings. The number of aliphatic hydroxyl groups is 3. The highest BCUT2D eigenvalue weighted by atomic mass is 16.5. The third-order valence-corrected chi connectivity index (χ3v) is 12.8. The minimum absolute atomic E-state index is 0.384. The summed E-state index contributed by atoms with van der Waals surface area (Å²) < 4.78 is 17.8. The molecule has 0 saturated carbocycles. The first kappa shape index (κ1) is 60.7. The number of unbranched alkanes of at least 4 members (excludes halogenated alkanes) is 33. The first-order valence-corrected chi connectivity index (χ1v) is 27.5. The second-order valence-corrected chi connectivity index (χ2v) is 19.1. The van der Waals surface area contributed by atoms with Gasteiger partial charge in [-0.05, 0) is 19.3 Å². The molecule has 0 aliphatic heterocycles. The Morgan fingerprint density at radius 3 is 0.656 bits per heavy atom. The molecule has 0 amide bonds. The standard InChI is InChI=1S/C54H111NO6/c1-4-7-10-13-16-19-22-25-28-31-34-37-40-52(56)49-59-46-43-55(44-47-60-50-53(57)41-38-35-32-29-26-23-20-17-14-11-8-5-2)45-48-61-51-54(58)42-39-36-33-30-27-24-21-18-15-12-9-6-3/h52-54,56-58H,4-51H2,1-3H3. The van der Waals surface area contributed by atoms with Crippen molar-refractivity contribution in [1.29, 1.82) is 0 Å². The second-order valence-electron chi connectivity index (χ2n) is 19.1. The average molecular weight is 870 g/mol. The van der Waals surface area contributed by atoms with E-state index in [1.54, 1.807) is 0 Å². The molecule has 0 aromatic heterocycles. The van der Waals surface area contributed by atoms with E-state index in [0.717, 1.165) is 58.2 Å². The van der Waals surface area contributed by atoms with Crippen LogP contribution >= 0.6 is 0 Å². The Morgan fingerprint density at radius 1 is 0.279 bits per heavy atom. The largest absolute Gasteiger partial charge is 0.391 e. The second kappa shape index (κ2) is 52.3. The molecule has 3 unspecified atom stereocenters. The minimum Gasteiger partial charge on any atom is -0.391 e. The molecule has 0 bridgehead atoms. The Morgan fingerprint density at radius 2 is 0.459 bits per heavy atom. The maximum absolute atomic E-state index is 10.5. The maximum Gasteiger partial charge on any atom is 0.0773 e. The van der Waals surface area contributed by atoms with Gasteiger partial charge in [0.15, 0.2) is 0 Å². The van der Waals surface area contributed by atoms with Crippen molar-refractivity contribution >= 4 is 0 Å². The lowest BCUT2D eigenvalue weighted by Crippen LogP contribution is -2.35. The van der Waals surface area contributed by atoms with Crippen molar-refractivity contribution in [2.75, 3.05) is 59.3 Å². The van der Waals surface area contributed by atoms with Gasteiger partial charge in [-0.1, -0.05) is 252 Å². The van der Waals surface area contributed by atoms with Gasteiger partial charge in [-0.25, -0.2) is 0 Å². The molecule has 0 radical (unpaired) electrons. The molecule has 61 heavy (non-hydrogen) atoms. The van der Waals surface area contributed by atoms with Crippen LogP contribution in [0.25, 0.3) is 0 Å². The van der Waals surface area contributed by atoms with Crippen LogP contribution in [0.5, 0.6) is 0 Å². The van der Waals surface area contributed by atoms with Gasteiger partial charge < -0.3 is 29.5 Å². The Labute approximate surface area is 382 Å². The summed E-state index contributed by atoms with van der Waals surface area (Å²) in [5.41, 5.74) is 0. The van der Waals surface area contributed by atoms with Crippen molar-refractivity contribution in [3.8, 4) is 0 Å². The van der Waals surface area contributed by atoms with Gasteiger partial charge in [-0.3, -0.25) is 4.90 Å². The first-order valence-electron chi connectivity index (χ1n) is 27.5. The zero-order chi connectivity index (χ0) is 44.4. The van der Waals surface area contributed by atoms with E-state index >= 15 is 0 Å². The first-order chi connectivity index (χ1) is 30.0. The molecule has 7 nitrogen and oxygen atoms in total. The molecule has 0 aliphatic carbocycles. The lowest BCUT2D eigenvalue weighted by molar-refractivity contribution is -0.00508. The molecule has 0 heterocycles. The van der Waals surface area contributed by atoms with Crippen molar-refractivity contribution in [3.63, 3.8) is 0 Å². The van der Waals surface area contributed by atoms with Gasteiger partial charge in [0.25, 0.3) is 0 Å². The Balaban J connectivity index is 4.24. The highest BCUT2D eigenvalue weighted by Gasteiger charge is 2.11. The van der Waals surface area contributed by atoms with Crippen molar-refractivity contribution in [3.05, 3.63) is 0 Å². The fraction of sp³-hybridized carbons (Fsp3) is 1.00. The molecule has 0 rings (SSSR count). The van der Waals surface area contributed by atoms with Gasteiger partial charge in [0.05, 0.1) is 58.0 Å². The van der Waals surface area contributed by atoms with E-state index in [2.05, 4.69) is 25.7 Å². The summed E-state index contributed by atoms with van der Waals surface area (Å²) in [6.07, 6.45) is 48.9. The van der Waals surface area contributed by atoms with E-state index < -0.39 is 18.3 Å². The quantitative estimate of drug-likeness (QED) is 0.0524. The fourth-order valence-corrected chi connectivity index (χ4v) is 8.49. The highest BCUT2D eigenvalue weighted by molar-refractivity contribution is 4.62. The smallest absolute Gasteiger partial charge is 0.0773 e. The van der Waals surface area contributed by atoms with E-state index in [9.17, 15) is 15.3 Å². The number of aliphatic hydroxyl groups excluding tert-OH is 3. The van der Waals surface area contributed by atoms with Gasteiger partial charge in [-0.15, -0.1) is 0 Å². The Bertz CT molecular complexity index is 689. The van der Waals surface area contributed by atoms with Crippen molar-refractivity contribution in [2.45, 2.75) is 289 Å². The topological polar surface area (TPSA) is 91.6 Å². The molecular weight excluding hydrogens is 759 g/mol. The molecule has 0 aromatic rings. The Hall–Kier alpha value is -0.280. The van der Waals surface area contributed by atoms with Crippen LogP contribution in [0.2, 0.25) is 0 Å². The summed E-state index contributed by atoms with van der Waals surface area (Å²) in [4.78, 5) is 2.28. The van der Waals surface area contributed by atoms with Crippen molar-refractivity contribution in [1.82, 2.24) is 4.90 Å². The number of hydrogen-bond acceptors (Lipinski definition) is 7. The third-order valence-electron chi connectivity index (χ3n) is 12.8. The van der Waals surface area contributed by atoms with Crippen LogP contribution in [0.15, 0.2) is 0 Å². The molecule has 0 aliphatic rings. The molecule has 0 aromatic carbocycles. The highest BCUT2D eigenvalue weighted by Crippen LogP contribution is 2.16. The number of ether oxygens (including phenoxy) is 3. The van der Waals surface area contributed by atoms with E-state index in [1.807, 2.05) is 0 Å². The zero-order valence-electron chi connectivity index (χ0n) is 41.7. The lowest BCUT2D eigenvalue weighted by atomic mass is 10.0. The normalized spacial score (nSPS) is 13.4. The number of rotatable bonds is 54. The van der Waals surface area contributed by atoms with Crippen LogP contribution in [0.1, 0.15) is 271 Å². The van der Waals surface area contributed by atoms with E-state index in [4.69, 9.17) is 14.2 Å². The van der Waals surface area contributed by atoms with E-state index in [0.29, 0.717) is 39.6 Å². The summed E-state index contributed by atoms with van der Waals surface area (Å²) in [5.74, 6) is 0. The van der Waals surface area contributed by atoms with Crippen LogP contribution in [-0.4, -0.2) is 97.8 Å². The summed E-state index contributed by atoms with van der Waals surface area (Å²) in [7, 11) is 0. The predicted molar refractivity (Wildman–Crippen MR) is 264 cm³/mol. The molecule has 0 spiro atoms. The van der Waals surface area contributed by atoms with Gasteiger partial charge >= 0.3 is 0 Å². The van der Waals surface area contributed by atoms with Gasteiger partial charge in [-0.2, -0.15) is 0 Å². The van der Waals surface area contributed by atoms with E-state index in [1.165, 1.54) is 212 Å². The monoisotopic (exact) mass is 870 g/mol. The Kier molecular flexibility index (Phi) is 52.1. The molecular formula is C54H111NO6. The van der Waals surface area contributed by atoms with Crippen molar-refractivity contribution in [2.24, 2.45) is 0 Å². The fourth-order valence-electron chi connectivity index (χ4n) is 8.49. The SMILES string of the molecule is CCCCCCCCCCCCCCC(O)COCCN(CCOCC(O)CCCCCCCCCCCCCC)CCOCC(O)CCCCCCCCCCCCCC. The van der Waals surface area contributed by atoms with E-state index in [-0.39, 0.29) is 0 Å². The van der Waals surface area contributed by atoms with Crippen molar-refractivity contribution < 1.29 is 29.5 Å². The van der Waals surface area contributed by atoms with Gasteiger partial charge in [0.1, 0.15) is 0 Å². The summed E-state index contributed by atoms with van der Waals surface area (Å²) in [6.45, 7) is 11.9. The minimum atomic E-state index is -0.401. The average Bonchev–Trinajstić information content (AvgIpc) is 3.26. The lowest BCUT2D eigenvalue weighted by Gasteiger charge is -2.23. The number of nitrogens with zero attached hydrogens (tertiary/aromatic N) is 1. The molecule has 7 heteroatoms. The van der Waals surface area contributed by atoms with Gasteiger partial charge in [0, 0.05) is 19.6 Å². The number of hydrogen-bond donors (Lipinski definition) is 3. The third kappa shape index (κ3) is 50.6. The molecule has 368 valence electrons.